The number of carboxylic acids is 1. The molecular weight excluding hydrogens is 418 g/mol. The second-order valence-electron chi connectivity index (χ2n) is 6.07. The van der Waals surface area contributed by atoms with Crippen molar-refractivity contribution in [1.82, 2.24) is 29.5 Å². The molecule has 204 valence electrons. The molecule has 11 nitrogen and oxygen atoms in total. The summed E-state index contributed by atoms with van der Waals surface area (Å²) in [5.41, 5.74) is 0. The van der Waals surface area contributed by atoms with Gasteiger partial charge >= 0.3 is 0 Å². The van der Waals surface area contributed by atoms with Gasteiger partial charge in [-0.25, -0.2) is 0 Å². The third-order valence-electron chi connectivity index (χ3n) is 3.29. The van der Waals surface area contributed by atoms with Crippen molar-refractivity contribution in [2.24, 2.45) is 0 Å². The first-order valence-electron chi connectivity index (χ1n) is 10.5. The van der Waals surface area contributed by atoms with E-state index in [1.165, 1.54) is 56.9 Å². The molecule has 0 saturated carbocycles. The molecule has 0 spiro atoms. The number of hydrogen-bond donors (Lipinski definition) is 4. The molecule has 0 aromatic rings. The molecule has 0 unspecified atom stereocenters. The van der Waals surface area contributed by atoms with Crippen LogP contribution in [0.1, 0.15) is 91.9 Å². The molecule has 0 aliphatic carbocycles. The number of carbonyl (C=O) groups excluding carboxylic acids is 2. The van der Waals surface area contributed by atoms with Gasteiger partial charge in [0.05, 0.1) is 12.5 Å². The van der Waals surface area contributed by atoms with Gasteiger partial charge in [0, 0.05) is 13.5 Å². The van der Waals surface area contributed by atoms with E-state index in [4.69, 9.17) is 15.3 Å². The number of carbonyl (C=O) groups is 2. The van der Waals surface area contributed by atoms with E-state index >= 15 is 0 Å². The number of quaternary nitrogens is 4. The lowest BCUT2D eigenvalue weighted by Gasteiger charge is -2.17. The Morgan fingerprint density at radius 2 is 0.906 bits per heavy atom. The van der Waals surface area contributed by atoms with Crippen LogP contribution in [0.2, 0.25) is 0 Å². The van der Waals surface area contributed by atoms with Crippen molar-refractivity contribution in [2.45, 2.75) is 91.9 Å². The van der Waals surface area contributed by atoms with E-state index in [-0.39, 0.29) is 56.9 Å². The maximum Gasteiger partial charge on any atom is 0.222 e. The second-order valence-corrected chi connectivity index (χ2v) is 6.07. The van der Waals surface area contributed by atoms with Crippen LogP contribution < -0.4 is 45.0 Å². The van der Waals surface area contributed by atoms with E-state index in [1.807, 2.05) is 0 Å². The van der Waals surface area contributed by atoms with Gasteiger partial charge in [0.25, 0.3) is 0 Å². The minimum atomic E-state index is -1.21. The lowest BCUT2D eigenvalue weighted by Crippen LogP contribution is -2.39. The number of amides is 1. The number of rotatable bonds is 12. The zero-order valence-corrected chi connectivity index (χ0v) is 22.8. The molecule has 0 aromatic carbocycles. The Kier molecular flexibility index (Phi) is 85.2. The highest BCUT2D eigenvalue weighted by Crippen LogP contribution is 2.10. The Morgan fingerprint density at radius 3 is 1.19 bits per heavy atom. The molecule has 0 atom stereocenters. The highest BCUT2D eigenvalue weighted by molar-refractivity contribution is 5.80. The molecule has 11 heteroatoms. The normalized spacial score (nSPS) is 7.88. The fraction of sp³-hybridized carbons (Fsp3) is 0.905. The fourth-order valence-corrected chi connectivity index (χ4v) is 2.06. The minimum Gasteiger partial charge on any atom is -0.855 e. The highest BCUT2D eigenvalue weighted by atomic mass is 16.4. The number of unbranched alkanes of at least 4 members (excludes halogenated alkanes) is 8. The molecule has 0 radical (unpaired) electrons. The fourth-order valence-electron chi connectivity index (χ4n) is 2.06. The van der Waals surface area contributed by atoms with Crippen LogP contribution in [0.25, 0.3) is 0 Å². The molecule has 32 heavy (non-hydrogen) atoms. The van der Waals surface area contributed by atoms with Crippen LogP contribution in [0.3, 0.4) is 0 Å². The van der Waals surface area contributed by atoms with Gasteiger partial charge in [-0.3, -0.25) is 4.79 Å². The zero-order valence-electron chi connectivity index (χ0n) is 22.8. The van der Waals surface area contributed by atoms with Crippen molar-refractivity contribution in [3.63, 3.8) is 0 Å². The number of likely N-dealkylation sites (N-methyl/N-ethyl adjacent to an activating group) is 1. The van der Waals surface area contributed by atoms with Gasteiger partial charge in [-0.1, -0.05) is 79.1 Å². The predicted octanol–water partition coefficient (Wildman–Crippen LogP) is 1.72. The predicted molar refractivity (Wildman–Crippen MR) is 130 cm³/mol. The number of carboxylic acid groups (broad SMARTS) is 1. The molecular formula is C21H59N5O6. The van der Waals surface area contributed by atoms with Crippen molar-refractivity contribution in [1.29, 1.82) is 0 Å². The summed E-state index contributed by atoms with van der Waals surface area (Å²) < 4.78 is 0. The van der Waals surface area contributed by atoms with Crippen LogP contribution in [0.15, 0.2) is 0 Å². The zero-order chi connectivity index (χ0) is 22.6. The Morgan fingerprint density at radius 1 is 0.625 bits per heavy atom. The quantitative estimate of drug-likeness (QED) is 0.303. The Labute approximate surface area is 197 Å². The van der Waals surface area contributed by atoms with Gasteiger partial charge in [-0.05, 0) is 6.42 Å². The monoisotopic (exact) mass is 477 g/mol. The van der Waals surface area contributed by atoms with E-state index in [0.29, 0.717) is 6.42 Å². The standard InChI is InChI=1S/C15H29NO3.3C2H5O.4H3N/c1-3-4-5-6-7-8-9-10-11-12-14(17)16(2)13-15(18)19;3*1-2-3;;;;/h3-13H2,1-2H3,(H,18,19);3*2H2,1H3;4*1H3/q;3*-1;;;;/p+3. The maximum atomic E-state index is 11.5. The smallest absolute Gasteiger partial charge is 0.222 e. The highest BCUT2D eigenvalue weighted by Gasteiger charge is 2.07. The average Bonchev–Trinajstić information content (AvgIpc) is 2.61. The van der Waals surface area contributed by atoms with Gasteiger partial charge in [0.15, 0.2) is 0 Å². The summed E-state index contributed by atoms with van der Waals surface area (Å²) in [7, 11) is 1.51. The molecule has 0 heterocycles. The van der Waals surface area contributed by atoms with E-state index in [1.54, 1.807) is 20.8 Å². The van der Waals surface area contributed by atoms with Crippen molar-refractivity contribution < 1.29 is 30.0 Å². The van der Waals surface area contributed by atoms with Crippen molar-refractivity contribution in [2.75, 3.05) is 33.4 Å². The number of aliphatic carboxylic acids is 1. The van der Waals surface area contributed by atoms with Gasteiger partial charge < -0.3 is 54.7 Å². The molecule has 0 aliphatic heterocycles. The molecule has 0 aliphatic rings. The molecule has 0 aromatic heterocycles. The molecule has 0 fully saturated rings. The maximum absolute atomic E-state index is 11.5. The van der Waals surface area contributed by atoms with Crippen molar-refractivity contribution >= 4 is 11.9 Å². The molecule has 0 saturated heterocycles. The summed E-state index contributed by atoms with van der Waals surface area (Å²) >= 11 is 0. The molecule has 1 amide bonds. The van der Waals surface area contributed by atoms with E-state index in [2.05, 4.69) is 6.92 Å². The van der Waals surface area contributed by atoms with Crippen LogP contribution in [0, 0.1) is 0 Å². The third-order valence-corrected chi connectivity index (χ3v) is 3.29. The van der Waals surface area contributed by atoms with Crippen LogP contribution in [-0.2, 0) is 9.59 Å². The molecule has 0 rings (SSSR count). The summed E-state index contributed by atoms with van der Waals surface area (Å²) in [5, 5.41) is 37.1. The summed E-state index contributed by atoms with van der Waals surface area (Å²) in [6, 6.07) is 0. The third kappa shape index (κ3) is 70.3. The molecule has 16 N–H and O–H groups in total. The Hall–Kier alpha value is -1.34. The van der Waals surface area contributed by atoms with Gasteiger partial charge in [0.2, 0.25) is 5.91 Å². The summed E-state index contributed by atoms with van der Waals surface area (Å²) in [4.78, 5) is 23.1. The first-order chi connectivity index (χ1) is 13.3. The first kappa shape index (κ1) is 52.5. The second kappa shape index (κ2) is 51.9. The first-order valence-corrected chi connectivity index (χ1v) is 10.5. The van der Waals surface area contributed by atoms with Crippen LogP contribution in [0.5, 0.6) is 0 Å². The number of hydrogen-bond acceptors (Lipinski definition) is 6. The van der Waals surface area contributed by atoms with E-state index < -0.39 is 5.97 Å². The topological polar surface area (TPSA) is 276 Å². The van der Waals surface area contributed by atoms with Gasteiger partial charge in [-0.2, -0.15) is 0 Å². The average molecular weight is 478 g/mol. The van der Waals surface area contributed by atoms with Gasteiger partial charge in [0.1, 0.15) is 0 Å². The Balaban J connectivity index is -0.0000000637. The minimum absolute atomic E-state index is 0. The SMILES string of the molecule is CCCCCCCCCCCC(=O)N(C)CC(=O)[O-].CC[O-].CC[O-].CC[O-].[NH4+].[NH4+].[NH4+].[NH4+]. The Bertz CT molecular complexity index is 310. The van der Waals surface area contributed by atoms with E-state index in [0.717, 1.165) is 12.8 Å². The number of nitrogens with zero attached hydrogens (tertiary/aromatic N) is 1. The van der Waals surface area contributed by atoms with Crippen LogP contribution >= 0.6 is 0 Å². The molecule has 0 bridgehead atoms. The summed E-state index contributed by atoms with van der Waals surface area (Å²) in [5.74, 6) is -1.31. The lowest BCUT2D eigenvalue weighted by molar-refractivity contribution is -0.362. The largest absolute Gasteiger partial charge is 0.855 e. The van der Waals surface area contributed by atoms with Crippen LogP contribution in [0.4, 0.5) is 0 Å². The van der Waals surface area contributed by atoms with Crippen molar-refractivity contribution in [3.05, 3.63) is 0 Å². The summed E-state index contributed by atoms with van der Waals surface area (Å²) in [6.07, 6.45) is 11.3. The lowest BCUT2D eigenvalue weighted by atomic mass is 10.1. The van der Waals surface area contributed by atoms with Crippen molar-refractivity contribution in [3.8, 4) is 0 Å². The summed E-state index contributed by atoms with van der Waals surface area (Å²) in [6.45, 7) is 6.62. The van der Waals surface area contributed by atoms with Gasteiger partial charge in [-0.15, -0.1) is 19.8 Å². The van der Waals surface area contributed by atoms with E-state index in [9.17, 15) is 14.7 Å². The van der Waals surface area contributed by atoms with Crippen LogP contribution in [-0.4, -0.2) is 50.2 Å².